The minimum Gasteiger partial charge on any atom is -0.496 e. The Balaban J connectivity index is 2.43. The Morgan fingerprint density at radius 2 is 1.96 bits per heavy atom. The standard InChI is InChI=1S/C21H24O4/c1-14(2)13-25-17-7-5-6-16(11-17)12-19(21(22)23)18-10-15(3)8-9-20(18)24-4/h5-12,14H,13H2,1-4H3,(H,22,23)/b19-12-. The van der Waals surface area contributed by atoms with Gasteiger partial charge in [-0.3, -0.25) is 0 Å². The second-order valence-corrected chi connectivity index (χ2v) is 6.34. The summed E-state index contributed by atoms with van der Waals surface area (Å²) in [7, 11) is 1.54. The van der Waals surface area contributed by atoms with Crippen molar-refractivity contribution in [2.45, 2.75) is 20.8 Å². The van der Waals surface area contributed by atoms with Gasteiger partial charge in [-0.05, 0) is 48.7 Å². The first-order valence-electron chi connectivity index (χ1n) is 8.23. The molecule has 2 aromatic rings. The lowest BCUT2D eigenvalue weighted by Crippen LogP contribution is -2.04. The molecule has 0 aliphatic rings. The van der Waals surface area contributed by atoms with Crippen LogP contribution in [0.4, 0.5) is 0 Å². The van der Waals surface area contributed by atoms with Crippen molar-refractivity contribution in [3.05, 3.63) is 59.2 Å². The fourth-order valence-corrected chi connectivity index (χ4v) is 2.41. The predicted molar refractivity (Wildman–Crippen MR) is 100 cm³/mol. The molecule has 0 radical (unpaired) electrons. The molecule has 132 valence electrons. The van der Waals surface area contributed by atoms with E-state index in [-0.39, 0.29) is 5.57 Å². The number of hydrogen-bond donors (Lipinski definition) is 1. The van der Waals surface area contributed by atoms with Gasteiger partial charge in [-0.1, -0.05) is 37.6 Å². The van der Waals surface area contributed by atoms with Gasteiger partial charge in [-0.2, -0.15) is 0 Å². The van der Waals surface area contributed by atoms with Crippen LogP contribution in [0.2, 0.25) is 0 Å². The van der Waals surface area contributed by atoms with Crippen LogP contribution in [0.5, 0.6) is 11.5 Å². The predicted octanol–water partition coefficient (Wildman–Crippen LogP) is 4.66. The number of aryl methyl sites for hydroxylation is 1. The van der Waals surface area contributed by atoms with E-state index in [1.165, 1.54) is 7.11 Å². The molecule has 4 nitrogen and oxygen atoms in total. The molecule has 25 heavy (non-hydrogen) atoms. The van der Waals surface area contributed by atoms with E-state index in [0.717, 1.165) is 16.9 Å². The van der Waals surface area contributed by atoms with E-state index in [1.54, 1.807) is 12.1 Å². The monoisotopic (exact) mass is 340 g/mol. The molecule has 0 aromatic heterocycles. The minimum atomic E-state index is -1.00. The van der Waals surface area contributed by atoms with Gasteiger partial charge in [0.05, 0.1) is 19.3 Å². The number of carboxylic acid groups (broad SMARTS) is 1. The number of carbonyl (C=O) groups is 1. The number of rotatable bonds is 7. The molecule has 0 unspecified atom stereocenters. The Morgan fingerprint density at radius 3 is 2.60 bits per heavy atom. The molecule has 0 atom stereocenters. The van der Waals surface area contributed by atoms with Crippen LogP contribution in [0, 0.1) is 12.8 Å². The quantitative estimate of drug-likeness (QED) is 0.588. The first kappa shape index (κ1) is 18.6. The molecule has 0 aliphatic heterocycles. The number of carboxylic acids is 1. The van der Waals surface area contributed by atoms with Gasteiger partial charge in [0.15, 0.2) is 0 Å². The summed E-state index contributed by atoms with van der Waals surface area (Å²) >= 11 is 0. The van der Waals surface area contributed by atoms with Crippen molar-refractivity contribution in [2.24, 2.45) is 5.92 Å². The van der Waals surface area contributed by atoms with Gasteiger partial charge in [0, 0.05) is 5.56 Å². The topological polar surface area (TPSA) is 55.8 Å². The molecule has 2 rings (SSSR count). The third-order valence-corrected chi connectivity index (χ3v) is 3.63. The molecule has 0 aliphatic carbocycles. The summed E-state index contributed by atoms with van der Waals surface area (Å²) in [5, 5.41) is 9.69. The Morgan fingerprint density at radius 1 is 1.20 bits per heavy atom. The van der Waals surface area contributed by atoms with Crippen LogP contribution in [0.15, 0.2) is 42.5 Å². The molecule has 0 bridgehead atoms. The maximum atomic E-state index is 11.8. The third kappa shape index (κ3) is 5.11. The van der Waals surface area contributed by atoms with Crippen LogP contribution in [-0.2, 0) is 4.79 Å². The lowest BCUT2D eigenvalue weighted by molar-refractivity contribution is -0.130. The van der Waals surface area contributed by atoms with Gasteiger partial charge >= 0.3 is 5.97 Å². The Kier molecular flexibility index (Phi) is 6.23. The Labute approximate surface area is 148 Å². The highest BCUT2D eigenvalue weighted by molar-refractivity contribution is 6.21. The Bertz CT molecular complexity index is 775. The minimum absolute atomic E-state index is 0.182. The molecule has 2 aromatic carbocycles. The molecule has 1 N–H and O–H groups in total. The third-order valence-electron chi connectivity index (χ3n) is 3.63. The van der Waals surface area contributed by atoms with E-state index in [9.17, 15) is 9.90 Å². The van der Waals surface area contributed by atoms with Crippen molar-refractivity contribution < 1.29 is 19.4 Å². The molecule has 0 heterocycles. The number of aliphatic carboxylic acids is 1. The van der Waals surface area contributed by atoms with E-state index in [2.05, 4.69) is 13.8 Å². The normalized spacial score (nSPS) is 11.5. The van der Waals surface area contributed by atoms with Gasteiger partial charge < -0.3 is 14.6 Å². The summed E-state index contributed by atoms with van der Waals surface area (Å²) in [5.74, 6) is 0.678. The number of benzene rings is 2. The van der Waals surface area contributed by atoms with Gasteiger partial charge in [-0.15, -0.1) is 0 Å². The zero-order valence-electron chi connectivity index (χ0n) is 15.1. The highest BCUT2D eigenvalue weighted by Crippen LogP contribution is 2.29. The maximum Gasteiger partial charge on any atom is 0.336 e. The van der Waals surface area contributed by atoms with Crippen molar-refractivity contribution in [3.8, 4) is 11.5 Å². The lowest BCUT2D eigenvalue weighted by atomic mass is 10.00. The first-order chi connectivity index (χ1) is 11.9. The smallest absolute Gasteiger partial charge is 0.336 e. The molecule has 0 amide bonds. The van der Waals surface area contributed by atoms with Crippen LogP contribution in [0.25, 0.3) is 11.6 Å². The molecule has 0 spiro atoms. The van der Waals surface area contributed by atoms with Crippen molar-refractivity contribution in [3.63, 3.8) is 0 Å². The number of hydrogen-bond acceptors (Lipinski definition) is 3. The molecule has 0 saturated carbocycles. The van der Waals surface area contributed by atoms with Gasteiger partial charge in [-0.25, -0.2) is 4.79 Å². The van der Waals surface area contributed by atoms with Gasteiger partial charge in [0.1, 0.15) is 11.5 Å². The summed E-state index contributed by atoms with van der Waals surface area (Å²) in [6, 6.07) is 12.9. The lowest BCUT2D eigenvalue weighted by Gasteiger charge is -2.11. The average molecular weight is 340 g/mol. The summed E-state index contributed by atoms with van der Waals surface area (Å²) in [5.41, 5.74) is 2.48. The van der Waals surface area contributed by atoms with Crippen LogP contribution in [0.3, 0.4) is 0 Å². The van der Waals surface area contributed by atoms with Crippen LogP contribution in [-0.4, -0.2) is 24.8 Å². The maximum absolute atomic E-state index is 11.8. The van der Waals surface area contributed by atoms with E-state index in [0.29, 0.717) is 23.8 Å². The average Bonchev–Trinajstić information content (AvgIpc) is 2.58. The summed E-state index contributed by atoms with van der Waals surface area (Å²) < 4.78 is 11.0. The zero-order chi connectivity index (χ0) is 18.4. The van der Waals surface area contributed by atoms with E-state index >= 15 is 0 Å². The van der Waals surface area contributed by atoms with Crippen molar-refractivity contribution in [1.82, 2.24) is 0 Å². The molecule has 0 fully saturated rings. The van der Waals surface area contributed by atoms with Crippen molar-refractivity contribution in [1.29, 1.82) is 0 Å². The van der Waals surface area contributed by atoms with Crippen LogP contribution < -0.4 is 9.47 Å². The van der Waals surface area contributed by atoms with Crippen molar-refractivity contribution >= 4 is 17.6 Å². The summed E-state index contributed by atoms with van der Waals surface area (Å²) in [6.45, 7) is 6.69. The van der Waals surface area contributed by atoms with E-state index in [4.69, 9.17) is 9.47 Å². The largest absolute Gasteiger partial charge is 0.496 e. The molecule has 0 saturated heterocycles. The molecule has 4 heteroatoms. The SMILES string of the molecule is COc1ccc(C)cc1/C(=C/c1cccc(OCC(C)C)c1)C(=O)O. The second-order valence-electron chi connectivity index (χ2n) is 6.34. The fourth-order valence-electron chi connectivity index (χ4n) is 2.41. The highest BCUT2D eigenvalue weighted by atomic mass is 16.5. The summed E-state index contributed by atoms with van der Waals surface area (Å²) in [6.07, 6.45) is 1.64. The fraction of sp³-hybridized carbons (Fsp3) is 0.286. The van der Waals surface area contributed by atoms with Crippen LogP contribution >= 0.6 is 0 Å². The second kappa shape index (κ2) is 8.38. The van der Waals surface area contributed by atoms with E-state index < -0.39 is 5.97 Å². The van der Waals surface area contributed by atoms with Crippen molar-refractivity contribution in [2.75, 3.05) is 13.7 Å². The Hall–Kier alpha value is -2.75. The molecular weight excluding hydrogens is 316 g/mol. The van der Waals surface area contributed by atoms with Gasteiger partial charge in [0.25, 0.3) is 0 Å². The number of ether oxygens (including phenoxy) is 2. The van der Waals surface area contributed by atoms with Gasteiger partial charge in [0.2, 0.25) is 0 Å². The van der Waals surface area contributed by atoms with Crippen LogP contribution in [0.1, 0.15) is 30.5 Å². The number of methoxy groups -OCH3 is 1. The summed E-state index contributed by atoms with van der Waals surface area (Å²) in [4.78, 5) is 11.8. The van der Waals surface area contributed by atoms with E-state index in [1.807, 2.05) is 43.3 Å². The highest BCUT2D eigenvalue weighted by Gasteiger charge is 2.16. The zero-order valence-corrected chi connectivity index (χ0v) is 15.1. The molecular formula is C21H24O4. The first-order valence-corrected chi connectivity index (χ1v) is 8.23.